The standard InChI is InChI=1S/C16H24N2O3.ClH/c1-4-20-14-8-12-7-11(2)21-15(12)9-13(14)10-18-16(19)5-6-17-3;/h8-9,11,17H,4-7,10H2,1-3H3,(H,18,19);1H. The fraction of sp³-hybridized carbons (Fsp3) is 0.562. The van der Waals surface area contributed by atoms with E-state index in [9.17, 15) is 4.79 Å². The molecule has 1 heterocycles. The maximum atomic E-state index is 11.7. The number of nitrogens with one attached hydrogen (secondary N) is 2. The zero-order valence-electron chi connectivity index (χ0n) is 13.4. The first-order valence-corrected chi connectivity index (χ1v) is 7.50. The number of benzene rings is 1. The van der Waals surface area contributed by atoms with E-state index >= 15 is 0 Å². The van der Waals surface area contributed by atoms with Crippen LogP contribution in [0.25, 0.3) is 0 Å². The van der Waals surface area contributed by atoms with Crippen LogP contribution in [0.15, 0.2) is 12.1 Å². The van der Waals surface area contributed by atoms with Gasteiger partial charge in [0.05, 0.1) is 6.61 Å². The van der Waals surface area contributed by atoms with Crippen LogP contribution >= 0.6 is 12.4 Å². The first-order valence-electron chi connectivity index (χ1n) is 7.50. The highest BCUT2D eigenvalue weighted by molar-refractivity contribution is 5.85. The van der Waals surface area contributed by atoms with Crippen molar-refractivity contribution in [2.45, 2.75) is 39.3 Å². The van der Waals surface area contributed by atoms with Crippen LogP contribution in [-0.2, 0) is 17.8 Å². The van der Waals surface area contributed by atoms with E-state index in [1.54, 1.807) is 0 Å². The Kier molecular flexibility index (Phi) is 7.48. The Morgan fingerprint density at radius 1 is 1.45 bits per heavy atom. The second-order valence-electron chi connectivity index (χ2n) is 5.26. The van der Waals surface area contributed by atoms with Gasteiger partial charge in [-0.15, -0.1) is 12.4 Å². The summed E-state index contributed by atoms with van der Waals surface area (Å²) in [4.78, 5) is 11.7. The SMILES string of the molecule is CCOc1cc2c(cc1CNC(=O)CCNC)OC(C)C2.Cl. The third-order valence-corrected chi connectivity index (χ3v) is 3.46. The van der Waals surface area contributed by atoms with E-state index in [0.717, 1.165) is 23.5 Å². The summed E-state index contributed by atoms with van der Waals surface area (Å²) in [6.45, 7) is 5.76. The van der Waals surface area contributed by atoms with E-state index in [1.165, 1.54) is 5.56 Å². The van der Waals surface area contributed by atoms with Crippen molar-refractivity contribution in [1.82, 2.24) is 10.6 Å². The molecule has 2 rings (SSSR count). The van der Waals surface area contributed by atoms with Gasteiger partial charge in [-0.1, -0.05) is 0 Å². The highest BCUT2D eigenvalue weighted by Gasteiger charge is 2.21. The van der Waals surface area contributed by atoms with Crippen molar-refractivity contribution in [3.63, 3.8) is 0 Å². The molecule has 1 atom stereocenters. The van der Waals surface area contributed by atoms with Crippen molar-refractivity contribution in [2.75, 3.05) is 20.2 Å². The molecule has 1 aromatic carbocycles. The molecule has 0 saturated heterocycles. The van der Waals surface area contributed by atoms with E-state index in [-0.39, 0.29) is 24.4 Å². The molecule has 5 nitrogen and oxygen atoms in total. The number of halogens is 1. The Balaban J connectivity index is 0.00000242. The minimum absolute atomic E-state index is 0. The van der Waals surface area contributed by atoms with Crippen molar-refractivity contribution >= 4 is 18.3 Å². The number of hydrogen-bond donors (Lipinski definition) is 2. The van der Waals surface area contributed by atoms with E-state index in [1.807, 2.05) is 26.1 Å². The molecule has 1 aromatic rings. The topological polar surface area (TPSA) is 59.6 Å². The van der Waals surface area contributed by atoms with Crippen LogP contribution in [0.2, 0.25) is 0 Å². The van der Waals surface area contributed by atoms with E-state index in [2.05, 4.69) is 17.6 Å². The fourth-order valence-corrected chi connectivity index (χ4v) is 2.43. The number of ether oxygens (including phenoxy) is 2. The monoisotopic (exact) mass is 328 g/mol. The molecule has 2 N–H and O–H groups in total. The van der Waals surface area contributed by atoms with E-state index in [0.29, 0.717) is 26.1 Å². The summed E-state index contributed by atoms with van der Waals surface area (Å²) in [6, 6.07) is 4.03. The lowest BCUT2D eigenvalue weighted by Crippen LogP contribution is -2.26. The molecule has 0 spiro atoms. The lowest BCUT2D eigenvalue weighted by Gasteiger charge is -2.13. The molecule has 0 aliphatic carbocycles. The molecule has 0 fully saturated rings. The molecule has 0 aromatic heterocycles. The summed E-state index contributed by atoms with van der Waals surface area (Å²) in [7, 11) is 1.83. The molecule has 0 radical (unpaired) electrons. The van der Waals surface area contributed by atoms with Gasteiger partial charge in [-0.2, -0.15) is 0 Å². The summed E-state index contributed by atoms with van der Waals surface area (Å²) in [5, 5.41) is 5.88. The van der Waals surface area contributed by atoms with Crippen molar-refractivity contribution in [3.8, 4) is 11.5 Å². The maximum Gasteiger partial charge on any atom is 0.221 e. The van der Waals surface area contributed by atoms with Crippen LogP contribution in [-0.4, -0.2) is 32.2 Å². The molecule has 1 aliphatic rings. The summed E-state index contributed by atoms with van der Waals surface area (Å²) in [5.74, 6) is 1.77. The Hall–Kier alpha value is -1.46. The van der Waals surface area contributed by atoms with Crippen molar-refractivity contribution in [1.29, 1.82) is 0 Å². The molecular formula is C16H25ClN2O3. The molecule has 22 heavy (non-hydrogen) atoms. The quantitative estimate of drug-likeness (QED) is 0.804. The van der Waals surface area contributed by atoms with Crippen LogP contribution in [0, 0.1) is 0 Å². The van der Waals surface area contributed by atoms with Gasteiger partial charge in [0.1, 0.15) is 17.6 Å². The minimum atomic E-state index is 0. The first-order chi connectivity index (χ1) is 10.1. The smallest absolute Gasteiger partial charge is 0.221 e. The van der Waals surface area contributed by atoms with Gasteiger partial charge in [0.15, 0.2) is 0 Å². The molecule has 1 amide bonds. The molecule has 0 bridgehead atoms. The average molecular weight is 329 g/mol. The van der Waals surface area contributed by atoms with Crippen molar-refractivity contribution in [2.24, 2.45) is 0 Å². The summed E-state index contributed by atoms with van der Waals surface area (Å²) in [5.41, 5.74) is 2.14. The van der Waals surface area contributed by atoms with Gasteiger partial charge in [0, 0.05) is 37.1 Å². The Bertz CT molecular complexity index is 508. The zero-order chi connectivity index (χ0) is 15.2. The highest BCUT2D eigenvalue weighted by Crippen LogP contribution is 2.35. The third-order valence-electron chi connectivity index (χ3n) is 3.46. The first kappa shape index (κ1) is 18.6. The van der Waals surface area contributed by atoms with Crippen LogP contribution in [0.4, 0.5) is 0 Å². The molecule has 0 saturated carbocycles. The number of hydrogen-bond acceptors (Lipinski definition) is 4. The highest BCUT2D eigenvalue weighted by atomic mass is 35.5. The van der Waals surface area contributed by atoms with Gasteiger partial charge in [-0.3, -0.25) is 4.79 Å². The normalized spacial score (nSPS) is 15.5. The molecule has 1 unspecified atom stereocenters. The summed E-state index contributed by atoms with van der Waals surface area (Å²) in [6.07, 6.45) is 1.58. The largest absolute Gasteiger partial charge is 0.494 e. The summed E-state index contributed by atoms with van der Waals surface area (Å²) >= 11 is 0. The fourth-order valence-electron chi connectivity index (χ4n) is 2.43. The van der Waals surface area contributed by atoms with Crippen molar-refractivity contribution in [3.05, 3.63) is 23.3 Å². The van der Waals surface area contributed by atoms with Gasteiger partial charge in [0.2, 0.25) is 5.91 Å². The van der Waals surface area contributed by atoms with Gasteiger partial charge in [-0.25, -0.2) is 0 Å². The maximum absolute atomic E-state index is 11.7. The lowest BCUT2D eigenvalue weighted by molar-refractivity contribution is -0.121. The molecule has 1 aliphatic heterocycles. The number of amides is 1. The van der Waals surface area contributed by atoms with Crippen LogP contribution in [0.1, 0.15) is 31.4 Å². The minimum Gasteiger partial charge on any atom is -0.494 e. The number of fused-ring (bicyclic) bond motifs is 1. The van der Waals surface area contributed by atoms with Crippen LogP contribution in [0.5, 0.6) is 11.5 Å². The summed E-state index contributed by atoms with van der Waals surface area (Å²) < 4.78 is 11.5. The average Bonchev–Trinajstić information content (AvgIpc) is 2.82. The molecule has 6 heteroatoms. The second kappa shape index (κ2) is 8.86. The molecule has 124 valence electrons. The number of carbonyl (C=O) groups excluding carboxylic acids is 1. The Morgan fingerprint density at radius 2 is 2.23 bits per heavy atom. The van der Waals surface area contributed by atoms with E-state index in [4.69, 9.17) is 9.47 Å². The second-order valence-corrected chi connectivity index (χ2v) is 5.26. The van der Waals surface area contributed by atoms with E-state index < -0.39 is 0 Å². The molecular weight excluding hydrogens is 304 g/mol. The van der Waals surface area contributed by atoms with Crippen molar-refractivity contribution < 1.29 is 14.3 Å². The van der Waals surface area contributed by atoms with Gasteiger partial charge < -0.3 is 20.1 Å². The van der Waals surface area contributed by atoms with Gasteiger partial charge in [-0.05, 0) is 33.0 Å². The predicted octanol–water partition coefficient (Wildman–Crippen LogP) is 2.06. The number of carbonyl (C=O) groups is 1. The predicted molar refractivity (Wildman–Crippen MR) is 89.0 cm³/mol. The van der Waals surface area contributed by atoms with Gasteiger partial charge >= 0.3 is 0 Å². The van der Waals surface area contributed by atoms with Gasteiger partial charge in [0.25, 0.3) is 0 Å². The zero-order valence-corrected chi connectivity index (χ0v) is 14.2. The van der Waals surface area contributed by atoms with Crippen LogP contribution in [0.3, 0.4) is 0 Å². The van der Waals surface area contributed by atoms with Crippen LogP contribution < -0.4 is 20.1 Å². The lowest BCUT2D eigenvalue weighted by atomic mass is 10.1. The number of rotatable bonds is 7. The Labute approximate surface area is 138 Å². The Morgan fingerprint density at radius 3 is 2.91 bits per heavy atom. The third kappa shape index (κ3) is 4.78.